The molecule has 0 aliphatic carbocycles. The first kappa shape index (κ1) is 17.3. The lowest BCUT2D eigenvalue weighted by atomic mass is 10.3. The van der Waals surface area contributed by atoms with Crippen LogP contribution in [0.1, 0.15) is 0 Å². The summed E-state index contributed by atoms with van der Waals surface area (Å²) in [5.41, 5.74) is 0.168. The number of halogens is 2. The molecule has 1 fully saturated rings. The fraction of sp³-hybridized carbons (Fsp3) is 0.467. The number of nitrogens with zero attached hydrogens (tertiary/aromatic N) is 2. The van der Waals surface area contributed by atoms with Crippen molar-refractivity contribution in [2.75, 3.05) is 51.8 Å². The van der Waals surface area contributed by atoms with Crippen molar-refractivity contribution in [3.8, 4) is 0 Å². The molecule has 1 aromatic carbocycles. The molecule has 1 aliphatic heterocycles. The highest BCUT2D eigenvalue weighted by atomic mass is 19.2. The fourth-order valence-electron chi connectivity index (χ4n) is 2.22. The van der Waals surface area contributed by atoms with Gasteiger partial charge in [0.25, 0.3) is 0 Å². The molecule has 1 heterocycles. The van der Waals surface area contributed by atoms with Crippen molar-refractivity contribution in [1.29, 1.82) is 0 Å². The van der Waals surface area contributed by atoms with Gasteiger partial charge < -0.3 is 15.0 Å². The molecule has 126 valence electrons. The molecule has 0 radical (unpaired) electrons. The lowest BCUT2D eigenvalue weighted by Gasteiger charge is -2.28. The molecule has 1 aliphatic rings. The number of carbonyl (C=O) groups excluding carboxylic acids is 2. The Hall–Kier alpha value is -2.06. The molecule has 0 aromatic heterocycles. The van der Waals surface area contributed by atoms with E-state index in [2.05, 4.69) is 5.32 Å². The molecule has 0 atom stereocenters. The zero-order chi connectivity index (χ0) is 16.8. The number of benzene rings is 1. The number of hydrogen-bond donors (Lipinski definition) is 1. The van der Waals surface area contributed by atoms with E-state index in [4.69, 9.17) is 4.74 Å². The molecule has 0 spiro atoms. The quantitative estimate of drug-likeness (QED) is 0.865. The second-order valence-corrected chi connectivity index (χ2v) is 5.34. The van der Waals surface area contributed by atoms with Crippen molar-refractivity contribution in [3.05, 3.63) is 29.8 Å². The third-order valence-electron chi connectivity index (χ3n) is 3.39. The minimum Gasteiger partial charge on any atom is -0.378 e. The van der Waals surface area contributed by atoms with Gasteiger partial charge in [-0.25, -0.2) is 8.78 Å². The number of morpholine rings is 1. The van der Waals surface area contributed by atoms with Crippen molar-refractivity contribution in [1.82, 2.24) is 9.80 Å². The van der Waals surface area contributed by atoms with Gasteiger partial charge in [-0.1, -0.05) is 0 Å². The Labute approximate surface area is 133 Å². The summed E-state index contributed by atoms with van der Waals surface area (Å²) in [4.78, 5) is 27.1. The van der Waals surface area contributed by atoms with Crippen LogP contribution < -0.4 is 5.32 Å². The third-order valence-corrected chi connectivity index (χ3v) is 3.39. The summed E-state index contributed by atoms with van der Waals surface area (Å²) in [6.07, 6.45) is 0. The standard InChI is InChI=1S/C15H19F2N3O3/c1-19(10-15(22)20-4-6-23-7-5-20)9-14(21)18-11-2-3-12(16)13(17)8-11/h2-3,8H,4-7,9-10H2,1H3,(H,18,21). The molecule has 2 amide bonds. The van der Waals surface area contributed by atoms with Gasteiger partial charge in [0.1, 0.15) is 0 Å². The van der Waals surface area contributed by atoms with Gasteiger partial charge in [0, 0.05) is 24.8 Å². The first-order valence-corrected chi connectivity index (χ1v) is 7.24. The highest BCUT2D eigenvalue weighted by Crippen LogP contribution is 2.12. The summed E-state index contributed by atoms with van der Waals surface area (Å²) in [6, 6.07) is 3.12. The molecular weight excluding hydrogens is 308 g/mol. The summed E-state index contributed by atoms with van der Waals surface area (Å²) < 4.78 is 31.1. The number of hydrogen-bond acceptors (Lipinski definition) is 4. The SMILES string of the molecule is CN(CC(=O)Nc1ccc(F)c(F)c1)CC(=O)N1CCOCC1. The second kappa shape index (κ2) is 7.98. The van der Waals surface area contributed by atoms with Crippen molar-refractivity contribution >= 4 is 17.5 Å². The second-order valence-electron chi connectivity index (χ2n) is 5.34. The Morgan fingerprint density at radius 3 is 2.57 bits per heavy atom. The molecule has 1 aromatic rings. The molecule has 23 heavy (non-hydrogen) atoms. The Morgan fingerprint density at radius 1 is 1.22 bits per heavy atom. The summed E-state index contributed by atoms with van der Waals surface area (Å²) in [7, 11) is 1.64. The number of nitrogens with one attached hydrogen (secondary N) is 1. The summed E-state index contributed by atoms with van der Waals surface area (Å²) in [5.74, 6) is -2.49. The van der Waals surface area contributed by atoms with Crippen LogP contribution in [0.5, 0.6) is 0 Å². The van der Waals surface area contributed by atoms with Crippen LogP contribution in [0.2, 0.25) is 0 Å². The Kier molecular flexibility index (Phi) is 6.00. The molecule has 1 saturated heterocycles. The minimum absolute atomic E-state index is 0.0327. The summed E-state index contributed by atoms with van der Waals surface area (Å²) >= 11 is 0. The minimum atomic E-state index is -1.03. The normalized spacial score (nSPS) is 14.9. The summed E-state index contributed by atoms with van der Waals surface area (Å²) in [5, 5.41) is 2.46. The highest BCUT2D eigenvalue weighted by molar-refractivity contribution is 5.92. The van der Waals surface area contributed by atoms with Gasteiger partial charge in [-0.3, -0.25) is 14.5 Å². The molecule has 2 rings (SSSR count). The van der Waals surface area contributed by atoms with Crippen LogP contribution in [0, 0.1) is 11.6 Å². The number of likely N-dealkylation sites (N-methyl/N-ethyl adjacent to an activating group) is 1. The van der Waals surface area contributed by atoms with Crippen LogP contribution in [0.3, 0.4) is 0 Å². The van der Waals surface area contributed by atoms with Crippen molar-refractivity contribution in [2.45, 2.75) is 0 Å². The van der Waals surface area contributed by atoms with E-state index in [1.165, 1.54) is 6.07 Å². The predicted molar refractivity (Wildman–Crippen MR) is 79.9 cm³/mol. The van der Waals surface area contributed by atoms with Gasteiger partial charge in [-0.15, -0.1) is 0 Å². The van der Waals surface area contributed by atoms with E-state index >= 15 is 0 Å². The van der Waals surface area contributed by atoms with Crippen molar-refractivity contribution in [3.63, 3.8) is 0 Å². The first-order valence-electron chi connectivity index (χ1n) is 7.24. The topological polar surface area (TPSA) is 61.9 Å². The van der Waals surface area contributed by atoms with E-state index in [1.54, 1.807) is 16.8 Å². The summed E-state index contributed by atoms with van der Waals surface area (Å²) in [6.45, 7) is 2.21. The molecule has 1 N–H and O–H groups in total. The van der Waals surface area contributed by atoms with Crippen molar-refractivity contribution < 1.29 is 23.1 Å². The Bertz CT molecular complexity index is 577. The fourth-order valence-corrected chi connectivity index (χ4v) is 2.22. The molecule has 8 heteroatoms. The lowest BCUT2D eigenvalue weighted by Crippen LogP contribution is -2.46. The number of amides is 2. The van der Waals surface area contributed by atoms with Gasteiger partial charge in [-0.2, -0.15) is 0 Å². The van der Waals surface area contributed by atoms with Gasteiger partial charge in [0.2, 0.25) is 11.8 Å². The molecule has 6 nitrogen and oxygen atoms in total. The van der Waals surface area contributed by atoms with E-state index in [0.717, 1.165) is 12.1 Å². The maximum atomic E-state index is 13.1. The van der Waals surface area contributed by atoms with E-state index < -0.39 is 17.5 Å². The van der Waals surface area contributed by atoms with Gasteiger partial charge in [0.05, 0.1) is 26.3 Å². The Balaban J connectivity index is 1.79. The first-order chi connectivity index (χ1) is 11.0. The number of ether oxygens (including phenoxy) is 1. The molecule has 0 unspecified atom stereocenters. The third kappa shape index (κ3) is 5.26. The van der Waals surface area contributed by atoms with E-state index in [1.807, 2.05) is 0 Å². The molecular formula is C15H19F2N3O3. The highest BCUT2D eigenvalue weighted by Gasteiger charge is 2.19. The van der Waals surface area contributed by atoms with Crippen LogP contribution in [-0.2, 0) is 14.3 Å². The Morgan fingerprint density at radius 2 is 1.91 bits per heavy atom. The van der Waals surface area contributed by atoms with Gasteiger partial charge in [0.15, 0.2) is 11.6 Å². The van der Waals surface area contributed by atoms with Crippen LogP contribution in [0.15, 0.2) is 18.2 Å². The van der Waals surface area contributed by atoms with Crippen molar-refractivity contribution in [2.24, 2.45) is 0 Å². The maximum Gasteiger partial charge on any atom is 0.238 e. The molecule has 0 bridgehead atoms. The monoisotopic (exact) mass is 327 g/mol. The average Bonchev–Trinajstić information content (AvgIpc) is 2.51. The smallest absolute Gasteiger partial charge is 0.238 e. The van der Waals surface area contributed by atoms with E-state index in [-0.39, 0.29) is 24.7 Å². The van der Waals surface area contributed by atoms with Crippen LogP contribution in [0.4, 0.5) is 14.5 Å². The van der Waals surface area contributed by atoms with Gasteiger partial charge >= 0.3 is 0 Å². The number of rotatable bonds is 5. The zero-order valence-electron chi connectivity index (χ0n) is 12.8. The maximum absolute atomic E-state index is 13.1. The molecule has 0 saturated carbocycles. The van der Waals surface area contributed by atoms with E-state index in [0.29, 0.717) is 26.3 Å². The van der Waals surface area contributed by atoms with Crippen LogP contribution in [0.25, 0.3) is 0 Å². The van der Waals surface area contributed by atoms with Crippen LogP contribution >= 0.6 is 0 Å². The lowest BCUT2D eigenvalue weighted by molar-refractivity contribution is -0.136. The van der Waals surface area contributed by atoms with Gasteiger partial charge in [-0.05, 0) is 19.2 Å². The zero-order valence-corrected chi connectivity index (χ0v) is 12.8. The number of anilines is 1. The van der Waals surface area contributed by atoms with Crippen LogP contribution in [-0.4, -0.2) is 68.1 Å². The average molecular weight is 327 g/mol. The van der Waals surface area contributed by atoms with E-state index in [9.17, 15) is 18.4 Å². The largest absolute Gasteiger partial charge is 0.378 e. The number of carbonyl (C=O) groups is 2. The predicted octanol–water partition coefficient (Wildman–Crippen LogP) is 0.694.